The lowest BCUT2D eigenvalue weighted by Gasteiger charge is -2.15. The lowest BCUT2D eigenvalue weighted by molar-refractivity contribution is -0.384. The summed E-state index contributed by atoms with van der Waals surface area (Å²) in [5.74, 6) is -0.0302. The largest absolute Gasteiger partial charge is 0.484 e. The third kappa shape index (κ3) is 4.40. The summed E-state index contributed by atoms with van der Waals surface area (Å²) in [7, 11) is 1.56. The number of amides is 1. The lowest BCUT2D eigenvalue weighted by atomic mass is 10.3. The van der Waals surface area contributed by atoms with Gasteiger partial charge in [-0.25, -0.2) is 0 Å². The van der Waals surface area contributed by atoms with Crippen LogP contribution in [0.2, 0.25) is 5.02 Å². The van der Waals surface area contributed by atoms with E-state index in [1.165, 1.54) is 23.1 Å². The third-order valence-corrected chi connectivity index (χ3v) is 2.77. The van der Waals surface area contributed by atoms with Crippen molar-refractivity contribution >= 4 is 23.2 Å². The average Bonchev–Trinajstić information content (AvgIpc) is 2.41. The maximum Gasteiger partial charge on any atom is 0.288 e. The van der Waals surface area contributed by atoms with Crippen LogP contribution in [-0.2, 0) is 4.79 Å². The number of likely N-dealkylation sites (N-methyl/N-ethyl adjacent to an activating group) is 1. The number of carbonyl (C=O) groups is 1. The quantitative estimate of drug-likeness (QED) is 0.591. The van der Waals surface area contributed by atoms with E-state index in [0.717, 1.165) is 0 Å². The summed E-state index contributed by atoms with van der Waals surface area (Å²) >= 11 is 5.72. The summed E-state index contributed by atoms with van der Waals surface area (Å²) in [5.41, 5.74) is -0.225. The van der Waals surface area contributed by atoms with Crippen molar-refractivity contribution in [2.75, 3.05) is 20.2 Å². The van der Waals surface area contributed by atoms with Crippen LogP contribution < -0.4 is 4.74 Å². The molecule has 7 nitrogen and oxygen atoms in total. The van der Waals surface area contributed by atoms with Gasteiger partial charge in [-0.15, -0.1) is 0 Å². The zero-order valence-electron chi connectivity index (χ0n) is 10.7. The molecule has 0 saturated carbocycles. The Balaban J connectivity index is 2.58. The average molecular weight is 298 g/mol. The molecule has 0 aromatic heterocycles. The van der Waals surface area contributed by atoms with Crippen LogP contribution in [0.15, 0.2) is 18.2 Å². The van der Waals surface area contributed by atoms with Gasteiger partial charge in [-0.2, -0.15) is 5.26 Å². The van der Waals surface area contributed by atoms with Gasteiger partial charge in [0.2, 0.25) is 0 Å². The van der Waals surface area contributed by atoms with E-state index in [-0.39, 0.29) is 35.4 Å². The molecule has 0 unspecified atom stereocenters. The van der Waals surface area contributed by atoms with Crippen LogP contribution in [0.1, 0.15) is 6.42 Å². The monoisotopic (exact) mass is 297 g/mol. The first-order valence-electron chi connectivity index (χ1n) is 5.63. The number of hydrogen-bond donors (Lipinski definition) is 0. The van der Waals surface area contributed by atoms with Crippen molar-refractivity contribution in [2.24, 2.45) is 0 Å². The Bertz CT molecular complexity index is 556. The van der Waals surface area contributed by atoms with Crippen LogP contribution in [0.4, 0.5) is 5.69 Å². The van der Waals surface area contributed by atoms with E-state index in [1.807, 2.05) is 6.07 Å². The van der Waals surface area contributed by atoms with Crippen molar-refractivity contribution in [1.82, 2.24) is 4.90 Å². The summed E-state index contributed by atoms with van der Waals surface area (Å²) in [6.07, 6.45) is 0.242. The highest BCUT2D eigenvalue weighted by Crippen LogP contribution is 2.28. The molecule has 0 N–H and O–H groups in total. The van der Waals surface area contributed by atoms with Gasteiger partial charge in [-0.05, 0) is 6.07 Å². The van der Waals surface area contributed by atoms with E-state index in [2.05, 4.69) is 0 Å². The second-order valence-corrected chi connectivity index (χ2v) is 4.29. The molecule has 20 heavy (non-hydrogen) atoms. The second-order valence-electron chi connectivity index (χ2n) is 3.88. The predicted molar refractivity (Wildman–Crippen MR) is 71.5 cm³/mol. The molecule has 1 amide bonds. The van der Waals surface area contributed by atoms with Crippen LogP contribution >= 0.6 is 11.6 Å². The molecule has 0 radical (unpaired) electrons. The van der Waals surface area contributed by atoms with Crippen LogP contribution in [-0.4, -0.2) is 35.9 Å². The molecule has 8 heteroatoms. The number of nitriles is 1. The Kier molecular flexibility index (Phi) is 5.74. The topological polar surface area (TPSA) is 96.5 Å². The molecule has 1 aromatic rings. The first kappa shape index (κ1) is 15.7. The van der Waals surface area contributed by atoms with Gasteiger partial charge >= 0.3 is 0 Å². The molecule has 0 spiro atoms. The molecular weight excluding hydrogens is 286 g/mol. The number of halogens is 1. The molecule has 0 aliphatic rings. The molecule has 0 aliphatic heterocycles. The maximum atomic E-state index is 11.6. The van der Waals surface area contributed by atoms with Gasteiger partial charge in [-0.1, -0.05) is 11.6 Å². The zero-order chi connectivity index (χ0) is 15.1. The van der Waals surface area contributed by atoms with Gasteiger partial charge in [0, 0.05) is 25.7 Å². The highest BCUT2D eigenvalue weighted by Gasteiger charge is 2.14. The van der Waals surface area contributed by atoms with Crippen molar-refractivity contribution in [2.45, 2.75) is 6.42 Å². The number of nitro groups is 1. The smallest absolute Gasteiger partial charge is 0.288 e. The van der Waals surface area contributed by atoms with Crippen LogP contribution in [0.5, 0.6) is 5.75 Å². The fourth-order valence-corrected chi connectivity index (χ4v) is 1.56. The van der Waals surface area contributed by atoms with Gasteiger partial charge < -0.3 is 9.64 Å². The Morgan fingerprint density at radius 1 is 1.60 bits per heavy atom. The first-order valence-corrected chi connectivity index (χ1v) is 6.01. The minimum Gasteiger partial charge on any atom is -0.484 e. The molecule has 0 heterocycles. The van der Waals surface area contributed by atoms with Gasteiger partial charge in [0.05, 0.1) is 17.4 Å². The van der Waals surface area contributed by atoms with Crippen molar-refractivity contribution in [3.63, 3.8) is 0 Å². The summed E-state index contributed by atoms with van der Waals surface area (Å²) in [6.45, 7) is 0.0930. The lowest BCUT2D eigenvalue weighted by Crippen LogP contribution is -2.32. The fraction of sp³-hybridized carbons (Fsp3) is 0.333. The van der Waals surface area contributed by atoms with Gasteiger partial charge in [-0.3, -0.25) is 14.9 Å². The Labute approximate surface area is 120 Å². The van der Waals surface area contributed by atoms with Crippen molar-refractivity contribution in [3.05, 3.63) is 33.3 Å². The number of benzene rings is 1. The van der Waals surface area contributed by atoms with Crippen LogP contribution in [0, 0.1) is 21.4 Å². The van der Waals surface area contributed by atoms with E-state index >= 15 is 0 Å². The Hall–Kier alpha value is -2.33. The minimum absolute atomic E-state index is 0.0576. The third-order valence-electron chi connectivity index (χ3n) is 2.46. The number of carbonyl (C=O) groups excluding carboxylic acids is 1. The van der Waals surface area contributed by atoms with Gasteiger partial charge in [0.25, 0.3) is 11.6 Å². The van der Waals surface area contributed by atoms with Crippen molar-refractivity contribution in [3.8, 4) is 11.8 Å². The summed E-state index contributed by atoms with van der Waals surface area (Å²) in [6, 6.07) is 5.79. The summed E-state index contributed by atoms with van der Waals surface area (Å²) in [5, 5.41) is 18.9. The number of hydrogen-bond acceptors (Lipinski definition) is 5. The zero-order valence-corrected chi connectivity index (χ0v) is 11.5. The first-order chi connectivity index (χ1) is 9.45. The number of nitrogens with zero attached hydrogens (tertiary/aromatic N) is 3. The molecule has 0 atom stereocenters. The van der Waals surface area contributed by atoms with Crippen LogP contribution in [0.3, 0.4) is 0 Å². The van der Waals surface area contributed by atoms with Crippen molar-refractivity contribution in [1.29, 1.82) is 5.26 Å². The standard InChI is InChI=1S/C12H12ClN3O4/c1-15(6-2-5-14)12(17)8-20-9-3-4-11(16(18)19)10(13)7-9/h3-4,7H,2,6,8H2,1H3. The molecule has 1 rings (SSSR count). The van der Waals surface area contributed by atoms with Gasteiger partial charge in [0.1, 0.15) is 10.8 Å². The maximum absolute atomic E-state index is 11.6. The highest BCUT2D eigenvalue weighted by molar-refractivity contribution is 6.32. The Morgan fingerprint density at radius 3 is 2.85 bits per heavy atom. The Morgan fingerprint density at radius 2 is 2.30 bits per heavy atom. The highest BCUT2D eigenvalue weighted by atomic mass is 35.5. The van der Waals surface area contributed by atoms with E-state index in [9.17, 15) is 14.9 Å². The predicted octanol–water partition coefficient (Wildman–Crippen LogP) is 2.00. The number of rotatable bonds is 6. The SMILES string of the molecule is CN(CCC#N)C(=O)COc1ccc([N+](=O)[O-])c(Cl)c1. The minimum atomic E-state index is -0.604. The van der Waals surface area contributed by atoms with Crippen molar-refractivity contribution < 1.29 is 14.5 Å². The van der Waals surface area contributed by atoms with E-state index < -0.39 is 4.92 Å². The molecule has 1 aromatic carbocycles. The fourth-order valence-electron chi connectivity index (χ4n) is 1.32. The molecule has 0 aliphatic carbocycles. The molecule has 0 bridgehead atoms. The molecule has 0 fully saturated rings. The molecule has 106 valence electrons. The van der Waals surface area contributed by atoms with E-state index in [0.29, 0.717) is 6.54 Å². The van der Waals surface area contributed by atoms with Gasteiger partial charge in [0.15, 0.2) is 6.61 Å². The number of ether oxygens (including phenoxy) is 1. The number of nitro benzene ring substituents is 1. The van der Waals surface area contributed by atoms with E-state index in [4.69, 9.17) is 21.6 Å². The summed E-state index contributed by atoms with van der Waals surface area (Å²) in [4.78, 5) is 23.0. The molecular formula is C12H12ClN3O4. The molecule has 0 saturated heterocycles. The summed E-state index contributed by atoms with van der Waals surface area (Å²) < 4.78 is 5.20. The van der Waals surface area contributed by atoms with Crippen LogP contribution in [0.25, 0.3) is 0 Å². The second kappa shape index (κ2) is 7.31. The van der Waals surface area contributed by atoms with E-state index in [1.54, 1.807) is 7.05 Å². The normalized spacial score (nSPS) is 9.65.